The first kappa shape index (κ1) is 13.6. The number of aliphatic hydroxyl groups excluding tert-OH is 1. The summed E-state index contributed by atoms with van der Waals surface area (Å²) in [7, 11) is 1.62. The summed E-state index contributed by atoms with van der Waals surface area (Å²) in [5.41, 5.74) is 1.87. The third kappa shape index (κ3) is 3.55. The van der Waals surface area contributed by atoms with Gasteiger partial charge in [-0.15, -0.1) is 0 Å². The molecule has 0 aliphatic heterocycles. The van der Waals surface area contributed by atoms with Crippen molar-refractivity contribution in [1.29, 1.82) is 0 Å². The molecule has 19 heavy (non-hydrogen) atoms. The molecule has 1 atom stereocenters. The smallest absolute Gasteiger partial charge is 0.123 e. The second kappa shape index (κ2) is 6.34. The molecule has 3 heteroatoms. The van der Waals surface area contributed by atoms with Crippen molar-refractivity contribution in [3.8, 4) is 5.75 Å². The van der Waals surface area contributed by atoms with Crippen LogP contribution in [0.4, 0.5) is 4.39 Å². The van der Waals surface area contributed by atoms with Gasteiger partial charge in [0.1, 0.15) is 11.6 Å². The van der Waals surface area contributed by atoms with Crippen LogP contribution < -0.4 is 4.74 Å². The Morgan fingerprint density at radius 3 is 2.63 bits per heavy atom. The van der Waals surface area contributed by atoms with E-state index in [2.05, 4.69) is 0 Å². The average molecular weight is 260 g/mol. The summed E-state index contributed by atoms with van der Waals surface area (Å²) >= 11 is 0. The lowest BCUT2D eigenvalue weighted by atomic mass is 9.92. The van der Waals surface area contributed by atoms with Crippen LogP contribution in [-0.2, 0) is 6.42 Å². The minimum absolute atomic E-state index is 0.0132. The third-order valence-electron chi connectivity index (χ3n) is 3.16. The van der Waals surface area contributed by atoms with Crippen LogP contribution in [-0.4, -0.2) is 18.8 Å². The molecule has 0 fully saturated rings. The third-order valence-corrected chi connectivity index (χ3v) is 3.16. The summed E-state index contributed by atoms with van der Waals surface area (Å²) in [5.74, 6) is 0.401. The SMILES string of the molecule is COc1cccc(CC(CO)c2cccc(F)c2)c1. The lowest BCUT2D eigenvalue weighted by Crippen LogP contribution is -2.08. The van der Waals surface area contributed by atoms with E-state index in [0.29, 0.717) is 6.42 Å². The van der Waals surface area contributed by atoms with E-state index >= 15 is 0 Å². The van der Waals surface area contributed by atoms with Gasteiger partial charge in [-0.1, -0.05) is 24.3 Å². The number of ether oxygens (including phenoxy) is 1. The molecule has 2 nitrogen and oxygen atoms in total. The predicted molar refractivity (Wildman–Crippen MR) is 72.9 cm³/mol. The first-order chi connectivity index (χ1) is 9.22. The van der Waals surface area contributed by atoms with Crippen molar-refractivity contribution in [1.82, 2.24) is 0 Å². The average Bonchev–Trinajstić information content (AvgIpc) is 2.45. The van der Waals surface area contributed by atoms with E-state index in [-0.39, 0.29) is 18.3 Å². The van der Waals surface area contributed by atoms with Gasteiger partial charge in [0.15, 0.2) is 0 Å². The number of halogens is 1. The Labute approximate surface area is 112 Å². The maximum absolute atomic E-state index is 13.2. The van der Waals surface area contributed by atoms with Crippen LogP contribution in [0.3, 0.4) is 0 Å². The normalized spacial score (nSPS) is 12.2. The highest BCUT2D eigenvalue weighted by atomic mass is 19.1. The lowest BCUT2D eigenvalue weighted by molar-refractivity contribution is 0.264. The van der Waals surface area contributed by atoms with Crippen molar-refractivity contribution in [2.45, 2.75) is 12.3 Å². The molecule has 0 spiro atoms. The van der Waals surface area contributed by atoms with E-state index < -0.39 is 0 Å². The van der Waals surface area contributed by atoms with Crippen molar-refractivity contribution in [3.05, 3.63) is 65.5 Å². The highest BCUT2D eigenvalue weighted by Gasteiger charge is 2.12. The second-order valence-electron chi connectivity index (χ2n) is 4.49. The minimum Gasteiger partial charge on any atom is -0.497 e. The minimum atomic E-state index is -0.276. The van der Waals surface area contributed by atoms with Crippen molar-refractivity contribution in [2.75, 3.05) is 13.7 Å². The summed E-state index contributed by atoms with van der Waals surface area (Å²) in [6, 6.07) is 14.1. The summed E-state index contributed by atoms with van der Waals surface area (Å²) in [4.78, 5) is 0. The predicted octanol–water partition coefficient (Wildman–Crippen LogP) is 3.15. The number of benzene rings is 2. The van der Waals surface area contributed by atoms with Crippen LogP contribution in [0.5, 0.6) is 5.75 Å². The Balaban J connectivity index is 2.18. The van der Waals surface area contributed by atoms with E-state index in [1.807, 2.05) is 30.3 Å². The van der Waals surface area contributed by atoms with E-state index in [9.17, 15) is 9.50 Å². The number of rotatable bonds is 5. The number of methoxy groups -OCH3 is 1. The maximum Gasteiger partial charge on any atom is 0.123 e. The summed E-state index contributed by atoms with van der Waals surface area (Å²) in [6.45, 7) is -0.0132. The number of hydrogen-bond donors (Lipinski definition) is 1. The van der Waals surface area contributed by atoms with Crippen LogP contribution in [0.15, 0.2) is 48.5 Å². The van der Waals surface area contributed by atoms with E-state index in [1.54, 1.807) is 13.2 Å². The van der Waals surface area contributed by atoms with E-state index in [1.165, 1.54) is 12.1 Å². The maximum atomic E-state index is 13.2. The van der Waals surface area contributed by atoms with Gasteiger partial charge in [-0.2, -0.15) is 0 Å². The van der Waals surface area contributed by atoms with Gasteiger partial charge in [0.05, 0.1) is 13.7 Å². The van der Waals surface area contributed by atoms with Crippen LogP contribution in [0.25, 0.3) is 0 Å². The molecule has 2 aromatic carbocycles. The molecule has 2 rings (SSSR count). The molecule has 0 bridgehead atoms. The quantitative estimate of drug-likeness (QED) is 0.894. The van der Waals surface area contributed by atoms with Crippen molar-refractivity contribution < 1.29 is 14.2 Å². The zero-order chi connectivity index (χ0) is 13.7. The molecule has 0 saturated heterocycles. The fourth-order valence-corrected chi connectivity index (χ4v) is 2.13. The van der Waals surface area contributed by atoms with Gasteiger partial charge in [-0.25, -0.2) is 4.39 Å². The highest BCUT2D eigenvalue weighted by molar-refractivity contribution is 5.31. The molecule has 0 radical (unpaired) electrons. The summed E-state index contributed by atoms with van der Waals surface area (Å²) < 4.78 is 18.4. The van der Waals surface area contributed by atoms with Gasteiger partial charge in [0.25, 0.3) is 0 Å². The summed E-state index contributed by atoms with van der Waals surface area (Å²) in [5, 5.41) is 9.50. The molecule has 0 aromatic heterocycles. The Morgan fingerprint density at radius 2 is 1.95 bits per heavy atom. The topological polar surface area (TPSA) is 29.5 Å². The molecule has 0 heterocycles. The molecule has 1 unspecified atom stereocenters. The molecule has 2 aromatic rings. The Kier molecular flexibility index (Phi) is 4.53. The van der Waals surface area contributed by atoms with Crippen molar-refractivity contribution >= 4 is 0 Å². The number of aliphatic hydroxyl groups is 1. The van der Waals surface area contributed by atoms with Gasteiger partial charge in [0.2, 0.25) is 0 Å². The lowest BCUT2D eigenvalue weighted by Gasteiger charge is -2.15. The fourth-order valence-electron chi connectivity index (χ4n) is 2.13. The molecule has 100 valence electrons. The first-order valence-corrected chi connectivity index (χ1v) is 6.22. The van der Waals surface area contributed by atoms with E-state index in [0.717, 1.165) is 16.9 Å². The summed E-state index contributed by atoms with van der Waals surface area (Å²) in [6.07, 6.45) is 0.650. The molecule has 0 aliphatic carbocycles. The first-order valence-electron chi connectivity index (χ1n) is 6.22. The fraction of sp³-hybridized carbons (Fsp3) is 0.250. The monoisotopic (exact) mass is 260 g/mol. The molecule has 0 saturated carbocycles. The van der Waals surface area contributed by atoms with Crippen LogP contribution in [0.1, 0.15) is 17.0 Å². The highest BCUT2D eigenvalue weighted by Crippen LogP contribution is 2.23. The van der Waals surface area contributed by atoms with Crippen molar-refractivity contribution in [3.63, 3.8) is 0 Å². The van der Waals surface area contributed by atoms with Gasteiger partial charge in [-0.05, 0) is 41.8 Å². The second-order valence-corrected chi connectivity index (χ2v) is 4.49. The zero-order valence-corrected chi connectivity index (χ0v) is 10.8. The van der Waals surface area contributed by atoms with Crippen LogP contribution in [0, 0.1) is 5.82 Å². The Hall–Kier alpha value is -1.87. The number of hydrogen-bond acceptors (Lipinski definition) is 2. The van der Waals surface area contributed by atoms with Crippen LogP contribution in [0.2, 0.25) is 0 Å². The Morgan fingerprint density at radius 1 is 1.16 bits per heavy atom. The molecular weight excluding hydrogens is 243 g/mol. The van der Waals surface area contributed by atoms with Gasteiger partial charge in [-0.3, -0.25) is 0 Å². The largest absolute Gasteiger partial charge is 0.497 e. The standard InChI is InChI=1S/C16H17FO2/c1-19-16-7-2-4-12(9-16)8-14(11-18)13-5-3-6-15(17)10-13/h2-7,9-10,14,18H,8,11H2,1H3. The Bertz CT molecular complexity index is 540. The molecular formula is C16H17FO2. The zero-order valence-electron chi connectivity index (χ0n) is 10.8. The molecule has 0 aliphatic rings. The van der Waals surface area contributed by atoms with Gasteiger partial charge >= 0.3 is 0 Å². The van der Waals surface area contributed by atoms with Gasteiger partial charge < -0.3 is 9.84 Å². The molecule has 0 amide bonds. The van der Waals surface area contributed by atoms with Gasteiger partial charge in [0, 0.05) is 5.92 Å². The van der Waals surface area contributed by atoms with E-state index in [4.69, 9.17) is 4.74 Å². The van der Waals surface area contributed by atoms with Crippen LogP contribution >= 0.6 is 0 Å². The molecule has 1 N–H and O–H groups in total. The van der Waals surface area contributed by atoms with Crippen molar-refractivity contribution in [2.24, 2.45) is 0 Å².